The first-order valence-corrected chi connectivity index (χ1v) is 12.2. The van der Waals surface area contributed by atoms with Crippen LogP contribution in [0.3, 0.4) is 0 Å². The van der Waals surface area contributed by atoms with Gasteiger partial charge in [-0.15, -0.1) is 0 Å². The molecule has 176 valence electrons. The van der Waals surface area contributed by atoms with Gasteiger partial charge in [-0.25, -0.2) is 0 Å². The van der Waals surface area contributed by atoms with Crippen molar-refractivity contribution in [2.45, 2.75) is 39.5 Å². The third-order valence-electron chi connectivity index (χ3n) is 5.67. The average Bonchev–Trinajstić information content (AvgIpc) is 3.28. The van der Waals surface area contributed by atoms with Crippen molar-refractivity contribution in [1.29, 1.82) is 5.41 Å². The van der Waals surface area contributed by atoms with Crippen LogP contribution in [0.5, 0.6) is 11.5 Å². The number of thioether (sulfide) groups is 1. The second kappa shape index (κ2) is 10.7. The molecular weight excluding hydrogens is 448 g/mol. The molecule has 0 saturated heterocycles. The van der Waals surface area contributed by atoms with Crippen molar-refractivity contribution in [2.24, 2.45) is 10.1 Å². The van der Waals surface area contributed by atoms with E-state index in [1.807, 2.05) is 43.3 Å². The van der Waals surface area contributed by atoms with Crippen molar-refractivity contribution in [2.75, 3.05) is 13.2 Å². The SMILES string of the molecule is CCC1=NN2C(=N)/C(=C/c3ccc(OCCOc4ccc([C@@H](C)CC)cc4)cc3)C(=O)N=C2S1. The molecule has 8 heteroatoms. The number of aliphatic imine (C=N–C) groups is 1. The molecular formula is C26H28N4O3S. The van der Waals surface area contributed by atoms with E-state index in [9.17, 15) is 4.79 Å². The zero-order valence-electron chi connectivity index (χ0n) is 19.6. The van der Waals surface area contributed by atoms with Crippen LogP contribution >= 0.6 is 11.8 Å². The van der Waals surface area contributed by atoms with Crippen molar-refractivity contribution in [3.8, 4) is 11.5 Å². The van der Waals surface area contributed by atoms with Crippen LogP contribution in [0.4, 0.5) is 0 Å². The highest BCUT2D eigenvalue weighted by atomic mass is 32.2. The molecule has 2 aliphatic heterocycles. The lowest BCUT2D eigenvalue weighted by atomic mass is 9.99. The van der Waals surface area contributed by atoms with Crippen LogP contribution in [-0.2, 0) is 4.79 Å². The van der Waals surface area contributed by atoms with E-state index in [1.165, 1.54) is 22.3 Å². The van der Waals surface area contributed by atoms with Crippen LogP contribution in [0, 0.1) is 5.41 Å². The van der Waals surface area contributed by atoms with Crippen molar-refractivity contribution >= 4 is 39.8 Å². The fraction of sp³-hybridized carbons (Fsp3) is 0.308. The maximum atomic E-state index is 12.4. The standard InChI is InChI=1S/C26H28N4O3S/c1-4-17(3)19-8-12-21(13-9-19)33-15-14-32-20-10-6-18(7-11-20)16-22-24(27)30-26(28-25(22)31)34-23(5-2)29-30/h6-13,16-17,27H,4-5,14-15H2,1-3H3/b22-16-,27-24?/t17-/m0/s1. The van der Waals surface area contributed by atoms with E-state index in [-0.39, 0.29) is 11.4 Å². The first-order valence-electron chi connectivity index (χ1n) is 11.4. The minimum Gasteiger partial charge on any atom is -0.490 e. The summed E-state index contributed by atoms with van der Waals surface area (Å²) in [7, 11) is 0. The summed E-state index contributed by atoms with van der Waals surface area (Å²) < 4.78 is 11.5. The molecule has 0 spiro atoms. The summed E-state index contributed by atoms with van der Waals surface area (Å²) in [5.41, 5.74) is 2.31. The number of fused-ring (bicyclic) bond motifs is 1. The number of rotatable bonds is 9. The lowest BCUT2D eigenvalue weighted by Crippen LogP contribution is -2.35. The van der Waals surface area contributed by atoms with E-state index in [4.69, 9.17) is 14.9 Å². The predicted molar refractivity (Wildman–Crippen MR) is 138 cm³/mol. The Kier molecular flexibility index (Phi) is 7.47. The van der Waals surface area contributed by atoms with Crippen molar-refractivity contribution < 1.29 is 14.3 Å². The fourth-order valence-electron chi connectivity index (χ4n) is 3.45. The predicted octanol–water partition coefficient (Wildman–Crippen LogP) is 5.69. The number of amides is 1. The Morgan fingerprint density at radius 2 is 1.65 bits per heavy atom. The van der Waals surface area contributed by atoms with Gasteiger partial charge in [0.2, 0.25) is 5.17 Å². The summed E-state index contributed by atoms with van der Waals surface area (Å²) in [5.74, 6) is 1.70. The number of hydrogen-bond donors (Lipinski definition) is 1. The molecule has 0 aromatic heterocycles. The molecule has 34 heavy (non-hydrogen) atoms. The molecule has 0 bridgehead atoms. The first kappa shape index (κ1) is 23.8. The lowest BCUT2D eigenvalue weighted by Gasteiger charge is -2.20. The summed E-state index contributed by atoms with van der Waals surface area (Å²) in [6, 6.07) is 15.6. The van der Waals surface area contributed by atoms with Crippen molar-refractivity contribution in [3.63, 3.8) is 0 Å². The monoisotopic (exact) mass is 476 g/mol. The summed E-state index contributed by atoms with van der Waals surface area (Å²) in [5, 5.41) is 15.5. The molecule has 1 atom stereocenters. The van der Waals surface area contributed by atoms with Gasteiger partial charge in [0.1, 0.15) is 29.8 Å². The van der Waals surface area contributed by atoms with Gasteiger partial charge < -0.3 is 9.47 Å². The van der Waals surface area contributed by atoms with Gasteiger partial charge in [0.05, 0.1) is 5.57 Å². The molecule has 0 unspecified atom stereocenters. The smallest absolute Gasteiger partial charge is 0.283 e. The van der Waals surface area contributed by atoms with Gasteiger partial charge in [0.25, 0.3) is 5.91 Å². The Balaban J connectivity index is 1.30. The highest BCUT2D eigenvalue weighted by Crippen LogP contribution is 2.29. The normalized spacial score (nSPS) is 17.4. The Bertz CT molecular complexity index is 1150. The van der Waals surface area contributed by atoms with E-state index in [0.29, 0.717) is 30.0 Å². The van der Waals surface area contributed by atoms with Crippen molar-refractivity contribution in [3.05, 3.63) is 65.2 Å². The average molecular weight is 477 g/mol. The summed E-state index contributed by atoms with van der Waals surface area (Å²) in [6.45, 7) is 7.24. The number of carbonyl (C=O) groups excluding carboxylic acids is 1. The van der Waals surface area contributed by atoms with Crippen LogP contribution in [0.25, 0.3) is 6.08 Å². The number of nitrogens with zero attached hydrogens (tertiary/aromatic N) is 3. The fourth-order valence-corrected chi connectivity index (χ4v) is 4.27. The Morgan fingerprint density at radius 3 is 2.24 bits per heavy atom. The number of hydrogen-bond acceptors (Lipinski definition) is 6. The molecule has 0 saturated carbocycles. The molecule has 2 aromatic rings. The molecule has 1 N–H and O–H groups in total. The summed E-state index contributed by atoms with van der Waals surface area (Å²) in [6.07, 6.45) is 3.51. The second-order valence-corrected chi connectivity index (χ2v) is 9.05. The van der Waals surface area contributed by atoms with E-state index in [2.05, 4.69) is 36.1 Å². The second-order valence-electron chi connectivity index (χ2n) is 8.01. The Morgan fingerprint density at radius 1 is 1.03 bits per heavy atom. The highest BCUT2D eigenvalue weighted by molar-refractivity contribution is 8.26. The number of carbonyl (C=O) groups is 1. The number of hydrazone groups is 1. The van der Waals surface area contributed by atoms with Gasteiger partial charge in [0.15, 0.2) is 5.84 Å². The molecule has 2 aromatic carbocycles. The Labute approximate surface area is 204 Å². The maximum Gasteiger partial charge on any atom is 0.283 e. The topological polar surface area (TPSA) is 87.3 Å². The number of ether oxygens (including phenoxy) is 2. The van der Waals surface area contributed by atoms with Crippen LogP contribution in [0.15, 0.2) is 64.2 Å². The van der Waals surface area contributed by atoms with Crippen LogP contribution in [0.1, 0.15) is 50.7 Å². The zero-order valence-corrected chi connectivity index (χ0v) is 20.4. The molecule has 2 aliphatic rings. The molecule has 0 fully saturated rings. The van der Waals surface area contributed by atoms with Crippen LogP contribution in [-0.4, -0.2) is 40.2 Å². The van der Waals surface area contributed by atoms with E-state index in [1.54, 1.807) is 6.08 Å². The number of benzene rings is 2. The highest BCUT2D eigenvalue weighted by Gasteiger charge is 2.35. The lowest BCUT2D eigenvalue weighted by molar-refractivity contribution is -0.114. The van der Waals surface area contributed by atoms with Crippen LogP contribution in [0.2, 0.25) is 0 Å². The molecule has 0 radical (unpaired) electrons. The van der Waals surface area contributed by atoms with E-state index in [0.717, 1.165) is 29.2 Å². The third kappa shape index (κ3) is 5.39. The molecule has 1 amide bonds. The van der Waals surface area contributed by atoms with Gasteiger partial charge in [0, 0.05) is 0 Å². The minimum atomic E-state index is -0.425. The zero-order chi connectivity index (χ0) is 24.1. The maximum absolute atomic E-state index is 12.4. The van der Waals surface area contributed by atoms with E-state index < -0.39 is 5.91 Å². The Hall–Kier alpha value is -3.39. The van der Waals surface area contributed by atoms with E-state index >= 15 is 0 Å². The minimum absolute atomic E-state index is 0.0422. The quantitative estimate of drug-likeness (QED) is 0.371. The molecule has 0 aliphatic carbocycles. The molecule has 4 rings (SSSR count). The number of amidine groups is 2. The largest absolute Gasteiger partial charge is 0.490 e. The van der Waals surface area contributed by atoms with Gasteiger partial charge in [-0.3, -0.25) is 10.2 Å². The molecule has 2 heterocycles. The number of nitrogens with one attached hydrogen (secondary N) is 1. The third-order valence-corrected chi connectivity index (χ3v) is 6.72. The van der Waals surface area contributed by atoms with Gasteiger partial charge >= 0.3 is 0 Å². The molecule has 7 nitrogen and oxygen atoms in total. The van der Waals surface area contributed by atoms with Crippen LogP contribution < -0.4 is 9.47 Å². The van der Waals surface area contributed by atoms with Gasteiger partial charge in [-0.2, -0.15) is 15.1 Å². The van der Waals surface area contributed by atoms with Crippen molar-refractivity contribution in [1.82, 2.24) is 5.01 Å². The van der Waals surface area contributed by atoms with Gasteiger partial charge in [-0.05, 0) is 72.0 Å². The first-order chi connectivity index (χ1) is 16.5. The van der Waals surface area contributed by atoms with Gasteiger partial charge in [-0.1, -0.05) is 45.0 Å². The summed E-state index contributed by atoms with van der Waals surface area (Å²) >= 11 is 1.33. The summed E-state index contributed by atoms with van der Waals surface area (Å²) in [4.78, 5) is 16.5.